The van der Waals surface area contributed by atoms with Gasteiger partial charge in [-0.1, -0.05) is 0 Å². The Hall–Kier alpha value is -1.95. The third kappa shape index (κ3) is 2.31. The second-order valence-corrected chi connectivity index (χ2v) is 5.24. The minimum atomic E-state index is -0.215. The van der Waals surface area contributed by atoms with E-state index in [4.69, 9.17) is 5.26 Å². The normalized spacial score (nSPS) is 23.2. The summed E-state index contributed by atoms with van der Waals surface area (Å²) in [6.07, 6.45) is 5.70. The lowest BCUT2D eigenvalue weighted by atomic mass is 9.78. The third-order valence-corrected chi connectivity index (χ3v) is 4.09. The Bertz CT molecular complexity index is 637. The molecule has 1 fully saturated rings. The van der Waals surface area contributed by atoms with Crippen LogP contribution in [-0.2, 0) is 0 Å². The van der Waals surface area contributed by atoms with Gasteiger partial charge in [-0.15, -0.1) is 0 Å². The van der Waals surface area contributed by atoms with Gasteiger partial charge in [-0.3, -0.25) is 4.98 Å². The van der Waals surface area contributed by atoms with Crippen molar-refractivity contribution in [1.82, 2.24) is 4.98 Å². The highest BCUT2D eigenvalue weighted by Crippen LogP contribution is 2.38. The van der Waals surface area contributed by atoms with Crippen LogP contribution in [0.3, 0.4) is 0 Å². The van der Waals surface area contributed by atoms with E-state index >= 15 is 0 Å². The number of pyridine rings is 1. The molecule has 0 atom stereocenters. The molecule has 96 valence electrons. The SMILES string of the molecule is N#CC1CCC(c2ccnc3ccc(F)cc23)CC1. The fourth-order valence-electron chi connectivity index (χ4n) is 3.03. The van der Waals surface area contributed by atoms with Gasteiger partial charge in [0.2, 0.25) is 0 Å². The molecule has 1 aliphatic carbocycles. The number of hydrogen-bond donors (Lipinski definition) is 0. The van der Waals surface area contributed by atoms with E-state index in [9.17, 15) is 4.39 Å². The van der Waals surface area contributed by atoms with E-state index in [1.165, 1.54) is 11.6 Å². The van der Waals surface area contributed by atoms with Gasteiger partial charge < -0.3 is 0 Å². The van der Waals surface area contributed by atoms with Crippen molar-refractivity contribution in [3.63, 3.8) is 0 Å². The Morgan fingerprint density at radius 2 is 1.95 bits per heavy atom. The first-order valence-electron chi connectivity index (χ1n) is 6.71. The number of hydrogen-bond acceptors (Lipinski definition) is 2. The molecular formula is C16H15FN2. The van der Waals surface area contributed by atoms with Crippen molar-refractivity contribution < 1.29 is 4.39 Å². The first kappa shape index (κ1) is 12.1. The maximum absolute atomic E-state index is 13.4. The lowest BCUT2D eigenvalue weighted by Crippen LogP contribution is -2.12. The number of rotatable bonds is 1. The lowest BCUT2D eigenvalue weighted by Gasteiger charge is -2.25. The van der Waals surface area contributed by atoms with Crippen molar-refractivity contribution in [3.05, 3.63) is 41.8 Å². The molecule has 0 radical (unpaired) electrons. The summed E-state index contributed by atoms with van der Waals surface area (Å²) in [4.78, 5) is 4.29. The zero-order valence-electron chi connectivity index (χ0n) is 10.6. The monoisotopic (exact) mass is 254 g/mol. The van der Waals surface area contributed by atoms with Crippen molar-refractivity contribution in [2.75, 3.05) is 0 Å². The summed E-state index contributed by atoms with van der Waals surface area (Å²) in [5.74, 6) is 0.408. The number of benzene rings is 1. The maximum atomic E-state index is 13.4. The van der Waals surface area contributed by atoms with E-state index in [2.05, 4.69) is 11.1 Å². The summed E-state index contributed by atoms with van der Waals surface area (Å²) < 4.78 is 13.4. The van der Waals surface area contributed by atoms with Gasteiger partial charge in [-0.2, -0.15) is 5.26 Å². The summed E-state index contributed by atoms with van der Waals surface area (Å²) in [5.41, 5.74) is 2.03. The minimum Gasteiger partial charge on any atom is -0.256 e. The fourth-order valence-corrected chi connectivity index (χ4v) is 3.03. The highest BCUT2D eigenvalue weighted by molar-refractivity contribution is 5.82. The average Bonchev–Trinajstić information content (AvgIpc) is 2.47. The van der Waals surface area contributed by atoms with Gasteiger partial charge in [0.05, 0.1) is 11.6 Å². The smallest absolute Gasteiger partial charge is 0.123 e. The van der Waals surface area contributed by atoms with Crippen molar-refractivity contribution in [2.24, 2.45) is 5.92 Å². The molecule has 1 aliphatic rings. The van der Waals surface area contributed by atoms with E-state index in [1.807, 2.05) is 6.07 Å². The van der Waals surface area contributed by atoms with E-state index in [0.29, 0.717) is 5.92 Å². The predicted molar refractivity (Wildman–Crippen MR) is 72.0 cm³/mol. The van der Waals surface area contributed by atoms with Crippen LogP contribution in [0.4, 0.5) is 4.39 Å². The van der Waals surface area contributed by atoms with Gasteiger partial charge in [0.15, 0.2) is 0 Å². The molecule has 1 aromatic heterocycles. The first-order valence-corrected chi connectivity index (χ1v) is 6.71. The molecular weight excluding hydrogens is 239 g/mol. The molecule has 0 N–H and O–H groups in total. The molecule has 0 bridgehead atoms. The Morgan fingerprint density at radius 1 is 1.16 bits per heavy atom. The van der Waals surface area contributed by atoms with Gasteiger partial charge in [-0.25, -0.2) is 4.39 Å². The highest BCUT2D eigenvalue weighted by Gasteiger charge is 2.23. The first-order chi connectivity index (χ1) is 9.28. The van der Waals surface area contributed by atoms with Crippen LogP contribution in [0.2, 0.25) is 0 Å². The van der Waals surface area contributed by atoms with Crippen LogP contribution in [0.5, 0.6) is 0 Å². The van der Waals surface area contributed by atoms with Crippen molar-refractivity contribution in [2.45, 2.75) is 31.6 Å². The van der Waals surface area contributed by atoms with Crippen LogP contribution in [-0.4, -0.2) is 4.98 Å². The standard InChI is InChI=1S/C16H15FN2/c17-13-5-6-16-15(9-13)14(7-8-19-16)12-3-1-11(10-18)2-4-12/h5-9,11-12H,1-4H2. The topological polar surface area (TPSA) is 36.7 Å². The summed E-state index contributed by atoms with van der Waals surface area (Å²) in [7, 11) is 0. The maximum Gasteiger partial charge on any atom is 0.123 e. The third-order valence-electron chi connectivity index (χ3n) is 4.09. The lowest BCUT2D eigenvalue weighted by molar-refractivity contribution is 0.383. The molecule has 19 heavy (non-hydrogen) atoms. The van der Waals surface area contributed by atoms with Gasteiger partial charge in [0, 0.05) is 17.5 Å². The Kier molecular flexibility index (Phi) is 3.16. The molecule has 1 heterocycles. The zero-order valence-corrected chi connectivity index (χ0v) is 10.6. The predicted octanol–water partition coefficient (Wildman–Crippen LogP) is 4.17. The van der Waals surface area contributed by atoms with Crippen LogP contribution >= 0.6 is 0 Å². The quantitative estimate of drug-likeness (QED) is 0.765. The molecule has 0 spiro atoms. The van der Waals surface area contributed by atoms with Crippen LogP contribution in [0.15, 0.2) is 30.5 Å². The van der Waals surface area contributed by atoms with E-state index in [0.717, 1.165) is 36.6 Å². The number of halogens is 1. The Morgan fingerprint density at radius 3 is 2.68 bits per heavy atom. The van der Waals surface area contributed by atoms with Crippen LogP contribution < -0.4 is 0 Å². The molecule has 1 saturated carbocycles. The van der Waals surface area contributed by atoms with Gasteiger partial charge in [-0.05, 0) is 61.4 Å². The number of aromatic nitrogens is 1. The number of nitrogens with zero attached hydrogens (tertiary/aromatic N) is 2. The molecule has 1 aromatic carbocycles. The van der Waals surface area contributed by atoms with E-state index in [1.54, 1.807) is 18.3 Å². The summed E-state index contributed by atoms with van der Waals surface area (Å²) in [6, 6.07) is 9.11. The summed E-state index contributed by atoms with van der Waals surface area (Å²) in [6.45, 7) is 0. The van der Waals surface area contributed by atoms with Crippen molar-refractivity contribution >= 4 is 10.9 Å². The van der Waals surface area contributed by atoms with Gasteiger partial charge in [0.1, 0.15) is 5.82 Å². The van der Waals surface area contributed by atoms with Crippen molar-refractivity contribution in [1.29, 1.82) is 5.26 Å². The second kappa shape index (κ2) is 4.97. The molecule has 3 heteroatoms. The summed E-state index contributed by atoms with van der Waals surface area (Å²) >= 11 is 0. The Balaban J connectivity index is 1.97. The van der Waals surface area contributed by atoms with Gasteiger partial charge >= 0.3 is 0 Å². The molecule has 0 amide bonds. The molecule has 2 aromatic rings. The fraction of sp³-hybridized carbons (Fsp3) is 0.375. The van der Waals surface area contributed by atoms with Crippen LogP contribution in [0.25, 0.3) is 10.9 Å². The van der Waals surface area contributed by atoms with Gasteiger partial charge in [0.25, 0.3) is 0 Å². The number of fused-ring (bicyclic) bond motifs is 1. The second-order valence-electron chi connectivity index (χ2n) is 5.24. The molecule has 0 unspecified atom stereocenters. The highest BCUT2D eigenvalue weighted by atomic mass is 19.1. The molecule has 0 aliphatic heterocycles. The van der Waals surface area contributed by atoms with Crippen LogP contribution in [0, 0.1) is 23.1 Å². The van der Waals surface area contributed by atoms with Crippen LogP contribution in [0.1, 0.15) is 37.2 Å². The number of nitriles is 1. The summed E-state index contributed by atoms with van der Waals surface area (Å²) in [5, 5.41) is 9.87. The average molecular weight is 254 g/mol. The zero-order chi connectivity index (χ0) is 13.2. The van der Waals surface area contributed by atoms with E-state index < -0.39 is 0 Å². The molecule has 0 saturated heterocycles. The molecule has 2 nitrogen and oxygen atoms in total. The largest absolute Gasteiger partial charge is 0.256 e. The van der Waals surface area contributed by atoms with Crippen molar-refractivity contribution in [3.8, 4) is 6.07 Å². The minimum absolute atomic E-state index is 0.195. The molecule has 3 rings (SSSR count). The Labute approximate surface area is 111 Å². The van der Waals surface area contributed by atoms with E-state index in [-0.39, 0.29) is 11.7 Å².